The molecule has 3 aromatic carbocycles. The van der Waals surface area contributed by atoms with Gasteiger partial charge in [0.25, 0.3) is 5.91 Å². The van der Waals surface area contributed by atoms with Crippen molar-refractivity contribution in [3.05, 3.63) is 66.2 Å². The number of carbonyl (C=O) groups excluding carboxylic acids is 3. The number of methoxy groups -OCH3 is 1. The van der Waals surface area contributed by atoms with Crippen LogP contribution in [0.3, 0.4) is 0 Å². The lowest BCUT2D eigenvalue weighted by Gasteiger charge is -2.15. The molecule has 2 N–H and O–H groups in total. The first-order valence-electron chi connectivity index (χ1n) is 9.34. The molecule has 30 heavy (non-hydrogen) atoms. The molecule has 0 aliphatic heterocycles. The third kappa shape index (κ3) is 4.75. The molecule has 1 atom stereocenters. The highest BCUT2D eigenvalue weighted by Gasteiger charge is 2.21. The Balaban J connectivity index is 1.69. The van der Waals surface area contributed by atoms with Crippen molar-refractivity contribution in [3.8, 4) is 5.75 Å². The number of nitrogens with one attached hydrogen (secondary N) is 2. The molecule has 154 valence electrons. The molecule has 0 saturated carbocycles. The van der Waals surface area contributed by atoms with E-state index in [9.17, 15) is 14.4 Å². The number of amides is 2. The summed E-state index contributed by atoms with van der Waals surface area (Å²) in [5.41, 5.74) is 1.49. The van der Waals surface area contributed by atoms with Gasteiger partial charge in [-0.15, -0.1) is 0 Å². The van der Waals surface area contributed by atoms with Crippen LogP contribution in [0.2, 0.25) is 0 Å². The largest absolute Gasteiger partial charge is 0.496 e. The molecule has 0 aliphatic carbocycles. The topological polar surface area (TPSA) is 93.7 Å². The van der Waals surface area contributed by atoms with Gasteiger partial charge < -0.3 is 20.1 Å². The van der Waals surface area contributed by atoms with E-state index in [2.05, 4.69) is 10.6 Å². The van der Waals surface area contributed by atoms with Gasteiger partial charge in [-0.05, 0) is 48.7 Å². The summed E-state index contributed by atoms with van der Waals surface area (Å²) in [4.78, 5) is 36.2. The average Bonchev–Trinajstić information content (AvgIpc) is 2.73. The summed E-state index contributed by atoms with van der Waals surface area (Å²) in [6.45, 7) is 2.92. The lowest BCUT2D eigenvalue weighted by Crippen LogP contribution is -2.30. The molecule has 0 unspecified atom stereocenters. The summed E-state index contributed by atoms with van der Waals surface area (Å²) >= 11 is 0. The van der Waals surface area contributed by atoms with Crippen LogP contribution in [0.4, 0.5) is 11.4 Å². The first-order chi connectivity index (χ1) is 14.4. The Kier molecular flexibility index (Phi) is 6.32. The zero-order chi connectivity index (χ0) is 21.7. The quantitative estimate of drug-likeness (QED) is 0.604. The van der Waals surface area contributed by atoms with E-state index < -0.39 is 18.0 Å². The summed E-state index contributed by atoms with van der Waals surface area (Å²) < 4.78 is 10.7. The number of anilines is 2. The maximum atomic E-state index is 12.7. The Morgan fingerprint density at radius 3 is 2.03 bits per heavy atom. The van der Waals surface area contributed by atoms with Crippen molar-refractivity contribution >= 4 is 39.9 Å². The molecule has 0 aliphatic rings. The molecule has 0 radical (unpaired) electrons. The smallest absolute Gasteiger partial charge is 0.339 e. The van der Waals surface area contributed by atoms with E-state index in [1.165, 1.54) is 13.8 Å². The maximum absolute atomic E-state index is 12.7. The first kappa shape index (κ1) is 20.9. The Bertz CT molecular complexity index is 1090. The molecule has 3 rings (SSSR count). The molecule has 0 bridgehead atoms. The second-order valence-corrected chi connectivity index (χ2v) is 6.66. The van der Waals surface area contributed by atoms with Crippen molar-refractivity contribution in [2.45, 2.75) is 20.0 Å². The van der Waals surface area contributed by atoms with Crippen molar-refractivity contribution in [1.29, 1.82) is 0 Å². The van der Waals surface area contributed by atoms with Crippen molar-refractivity contribution in [2.75, 3.05) is 17.7 Å². The van der Waals surface area contributed by atoms with Crippen LogP contribution >= 0.6 is 0 Å². The highest BCUT2D eigenvalue weighted by molar-refractivity contribution is 6.07. The van der Waals surface area contributed by atoms with Gasteiger partial charge in [0, 0.05) is 23.7 Å². The monoisotopic (exact) mass is 406 g/mol. The van der Waals surface area contributed by atoms with Crippen molar-refractivity contribution in [1.82, 2.24) is 0 Å². The molecule has 7 heteroatoms. The van der Waals surface area contributed by atoms with Gasteiger partial charge >= 0.3 is 5.97 Å². The van der Waals surface area contributed by atoms with Crippen molar-refractivity contribution in [2.24, 2.45) is 0 Å². The third-order valence-electron chi connectivity index (χ3n) is 4.45. The van der Waals surface area contributed by atoms with Gasteiger partial charge in [0.2, 0.25) is 5.91 Å². The first-order valence-corrected chi connectivity index (χ1v) is 9.34. The number of hydrogen-bond acceptors (Lipinski definition) is 5. The number of carbonyl (C=O) groups is 3. The fourth-order valence-electron chi connectivity index (χ4n) is 2.99. The van der Waals surface area contributed by atoms with Crippen LogP contribution in [0.15, 0.2) is 60.7 Å². The molecule has 0 aromatic heterocycles. The van der Waals surface area contributed by atoms with E-state index >= 15 is 0 Å². The van der Waals surface area contributed by atoms with Crippen LogP contribution in [-0.4, -0.2) is 31.0 Å². The SMILES string of the molecule is COc1ccc(C(=O)O[C@H](C)C(=O)Nc2ccc(NC(C)=O)cc2)c2ccccc12. The summed E-state index contributed by atoms with van der Waals surface area (Å²) in [5.74, 6) is -0.597. The van der Waals surface area contributed by atoms with E-state index in [-0.39, 0.29) is 5.91 Å². The summed E-state index contributed by atoms with van der Waals surface area (Å²) in [6.07, 6.45) is -1.01. The average molecular weight is 406 g/mol. The van der Waals surface area contributed by atoms with Crippen LogP contribution in [0.5, 0.6) is 5.75 Å². The zero-order valence-electron chi connectivity index (χ0n) is 16.9. The van der Waals surface area contributed by atoms with E-state index in [0.717, 1.165) is 5.39 Å². The van der Waals surface area contributed by atoms with E-state index in [1.807, 2.05) is 18.2 Å². The Hall–Kier alpha value is -3.87. The molecule has 2 amide bonds. The number of ether oxygens (including phenoxy) is 2. The van der Waals surface area contributed by atoms with Crippen LogP contribution in [0, 0.1) is 0 Å². The van der Waals surface area contributed by atoms with Crippen LogP contribution in [0.25, 0.3) is 10.8 Å². The van der Waals surface area contributed by atoms with Gasteiger partial charge in [0.05, 0.1) is 12.7 Å². The zero-order valence-corrected chi connectivity index (χ0v) is 16.9. The van der Waals surface area contributed by atoms with Crippen molar-refractivity contribution < 1.29 is 23.9 Å². The Morgan fingerprint density at radius 2 is 1.43 bits per heavy atom. The molecule has 3 aromatic rings. The lowest BCUT2D eigenvalue weighted by atomic mass is 10.0. The summed E-state index contributed by atoms with van der Waals surface area (Å²) in [5, 5.41) is 6.80. The number of fused-ring (bicyclic) bond motifs is 1. The van der Waals surface area contributed by atoms with Crippen LogP contribution in [-0.2, 0) is 14.3 Å². The normalized spacial score (nSPS) is 11.4. The number of hydrogen-bond donors (Lipinski definition) is 2. The predicted molar refractivity (Wildman–Crippen MR) is 115 cm³/mol. The molecule has 7 nitrogen and oxygen atoms in total. The second-order valence-electron chi connectivity index (χ2n) is 6.66. The van der Waals surface area contributed by atoms with E-state index in [4.69, 9.17) is 9.47 Å². The van der Waals surface area contributed by atoms with Gasteiger partial charge in [-0.3, -0.25) is 9.59 Å². The van der Waals surface area contributed by atoms with E-state index in [1.54, 1.807) is 49.6 Å². The fourth-order valence-corrected chi connectivity index (χ4v) is 2.99. The molecular formula is C23H22N2O5. The number of rotatable bonds is 6. The number of benzene rings is 3. The molecule has 0 fully saturated rings. The van der Waals surface area contributed by atoms with Crippen LogP contribution < -0.4 is 15.4 Å². The molecular weight excluding hydrogens is 384 g/mol. The molecule has 0 heterocycles. The lowest BCUT2D eigenvalue weighted by molar-refractivity contribution is -0.123. The van der Waals surface area contributed by atoms with Gasteiger partial charge in [-0.1, -0.05) is 24.3 Å². The standard InChI is InChI=1S/C23H22N2O5/c1-14(22(27)25-17-10-8-16(9-11-17)24-15(2)26)30-23(28)20-12-13-21(29-3)19-7-5-4-6-18(19)20/h4-14H,1-3H3,(H,24,26)(H,25,27)/t14-/m1/s1. The Morgan fingerprint density at radius 1 is 0.833 bits per heavy atom. The number of esters is 1. The minimum absolute atomic E-state index is 0.182. The minimum atomic E-state index is -1.01. The highest BCUT2D eigenvalue weighted by atomic mass is 16.5. The van der Waals surface area contributed by atoms with Gasteiger partial charge in [0.1, 0.15) is 5.75 Å². The fraction of sp³-hybridized carbons (Fsp3) is 0.174. The van der Waals surface area contributed by atoms with E-state index in [0.29, 0.717) is 28.1 Å². The Labute approximate surface area is 174 Å². The van der Waals surface area contributed by atoms with Crippen LogP contribution in [0.1, 0.15) is 24.2 Å². The highest BCUT2D eigenvalue weighted by Crippen LogP contribution is 2.29. The second kappa shape index (κ2) is 9.09. The maximum Gasteiger partial charge on any atom is 0.339 e. The minimum Gasteiger partial charge on any atom is -0.496 e. The van der Waals surface area contributed by atoms with Gasteiger partial charge in [-0.2, -0.15) is 0 Å². The third-order valence-corrected chi connectivity index (χ3v) is 4.45. The van der Waals surface area contributed by atoms with Gasteiger partial charge in [0.15, 0.2) is 6.10 Å². The summed E-state index contributed by atoms with van der Waals surface area (Å²) in [6, 6.07) is 17.3. The van der Waals surface area contributed by atoms with Crippen molar-refractivity contribution in [3.63, 3.8) is 0 Å². The molecule has 0 spiro atoms. The van der Waals surface area contributed by atoms with Gasteiger partial charge in [-0.25, -0.2) is 4.79 Å². The molecule has 0 saturated heterocycles. The summed E-state index contributed by atoms with van der Waals surface area (Å²) in [7, 11) is 1.56. The predicted octanol–water partition coefficient (Wildman–Crippen LogP) is 3.99.